The molecule has 1 aromatic carbocycles. The van der Waals surface area contributed by atoms with E-state index in [1.807, 2.05) is 25.1 Å². The first-order valence-corrected chi connectivity index (χ1v) is 7.44. The van der Waals surface area contributed by atoms with Crippen LogP contribution in [0.1, 0.15) is 24.2 Å². The maximum atomic E-state index is 6.23. The number of hydrogen-bond donors (Lipinski definition) is 1. The van der Waals surface area contributed by atoms with E-state index in [2.05, 4.69) is 15.5 Å². The molecule has 0 aliphatic carbocycles. The van der Waals surface area contributed by atoms with E-state index >= 15 is 0 Å². The molecule has 1 atom stereocenters. The number of aromatic nitrogens is 2. The van der Waals surface area contributed by atoms with Crippen LogP contribution in [0.25, 0.3) is 0 Å². The molecule has 0 saturated heterocycles. The van der Waals surface area contributed by atoms with Crippen molar-refractivity contribution < 1.29 is 4.74 Å². The lowest BCUT2D eigenvalue weighted by molar-refractivity contribution is 0.389. The topological polar surface area (TPSA) is 47.0 Å². The van der Waals surface area contributed by atoms with E-state index in [1.54, 1.807) is 19.2 Å². The van der Waals surface area contributed by atoms with Crippen LogP contribution in [0.5, 0.6) is 5.88 Å². The molecular formula is C15H17Cl2N3O. The molecule has 0 amide bonds. The summed E-state index contributed by atoms with van der Waals surface area (Å²) < 4.78 is 5.03. The fraction of sp³-hybridized carbons (Fsp3) is 0.333. The van der Waals surface area contributed by atoms with Gasteiger partial charge in [0.2, 0.25) is 5.88 Å². The van der Waals surface area contributed by atoms with Crippen molar-refractivity contribution in [1.82, 2.24) is 15.5 Å². The van der Waals surface area contributed by atoms with Crippen molar-refractivity contribution in [1.29, 1.82) is 0 Å². The first-order valence-electron chi connectivity index (χ1n) is 6.69. The first kappa shape index (κ1) is 16.0. The smallest absolute Gasteiger partial charge is 0.233 e. The Labute approximate surface area is 134 Å². The highest BCUT2D eigenvalue weighted by atomic mass is 35.5. The van der Waals surface area contributed by atoms with Crippen LogP contribution < -0.4 is 10.1 Å². The molecule has 0 saturated carbocycles. The third-order valence-electron chi connectivity index (χ3n) is 3.11. The summed E-state index contributed by atoms with van der Waals surface area (Å²) in [6.45, 7) is 2.86. The lowest BCUT2D eigenvalue weighted by Gasteiger charge is -2.18. The van der Waals surface area contributed by atoms with Gasteiger partial charge in [-0.2, -0.15) is 5.10 Å². The molecule has 21 heavy (non-hydrogen) atoms. The van der Waals surface area contributed by atoms with Crippen LogP contribution in [0.15, 0.2) is 30.3 Å². The second-order valence-corrected chi connectivity index (χ2v) is 5.39. The van der Waals surface area contributed by atoms with E-state index in [0.29, 0.717) is 22.3 Å². The highest BCUT2D eigenvalue weighted by Gasteiger charge is 2.15. The Kier molecular flexibility index (Phi) is 5.79. The fourth-order valence-corrected chi connectivity index (χ4v) is 2.46. The molecule has 4 nitrogen and oxygen atoms in total. The molecule has 2 aromatic rings. The summed E-state index contributed by atoms with van der Waals surface area (Å²) in [7, 11) is 1.57. The van der Waals surface area contributed by atoms with Crippen molar-refractivity contribution in [2.24, 2.45) is 0 Å². The Balaban J connectivity index is 2.23. The van der Waals surface area contributed by atoms with Crippen LogP contribution in [0, 0.1) is 0 Å². The van der Waals surface area contributed by atoms with Gasteiger partial charge < -0.3 is 10.1 Å². The molecule has 112 valence electrons. The number of ether oxygens (including phenoxy) is 1. The van der Waals surface area contributed by atoms with Gasteiger partial charge in [0.15, 0.2) is 0 Å². The largest absolute Gasteiger partial charge is 0.480 e. The van der Waals surface area contributed by atoms with Gasteiger partial charge in [-0.25, -0.2) is 0 Å². The number of nitrogens with one attached hydrogen (secondary N) is 1. The Morgan fingerprint density at radius 3 is 2.62 bits per heavy atom. The van der Waals surface area contributed by atoms with Crippen molar-refractivity contribution in [3.8, 4) is 5.88 Å². The normalized spacial score (nSPS) is 12.2. The van der Waals surface area contributed by atoms with Crippen LogP contribution in [-0.4, -0.2) is 23.9 Å². The van der Waals surface area contributed by atoms with E-state index in [4.69, 9.17) is 27.9 Å². The van der Waals surface area contributed by atoms with Crippen LogP contribution in [0.3, 0.4) is 0 Å². The summed E-state index contributed by atoms with van der Waals surface area (Å²) in [5.74, 6) is 0.495. The Hall–Kier alpha value is -1.36. The number of benzene rings is 1. The number of methoxy groups -OCH3 is 1. The molecule has 6 heteroatoms. The number of hydrogen-bond acceptors (Lipinski definition) is 4. The second kappa shape index (κ2) is 7.59. The van der Waals surface area contributed by atoms with Crippen molar-refractivity contribution in [2.45, 2.75) is 19.4 Å². The summed E-state index contributed by atoms with van der Waals surface area (Å²) in [5, 5.41) is 13.0. The van der Waals surface area contributed by atoms with Crippen molar-refractivity contribution in [2.75, 3.05) is 13.7 Å². The first-order chi connectivity index (χ1) is 10.1. The molecular weight excluding hydrogens is 309 g/mol. The molecule has 1 unspecified atom stereocenters. The standard InChI is InChI=1S/C15H17Cl2N3O/c1-3-18-14(13-6-7-15(21-2)20-19-13)9-10-8-11(16)4-5-12(10)17/h4-8,14,18H,3,9H2,1-2H3. The van der Waals surface area contributed by atoms with Crippen LogP contribution in [0.2, 0.25) is 10.0 Å². The van der Waals surface area contributed by atoms with Gasteiger partial charge in [0.1, 0.15) is 0 Å². The molecule has 1 aromatic heterocycles. The third kappa shape index (κ3) is 4.30. The van der Waals surface area contributed by atoms with E-state index in [0.717, 1.165) is 17.8 Å². The summed E-state index contributed by atoms with van der Waals surface area (Å²) in [6.07, 6.45) is 0.689. The minimum absolute atomic E-state index is 0.0179. The average Bonchev–Trinajstić information content (AvgIpc) is 2.50. The monoisotopic (exact) mass is 325 g/mol. The van der Waals surface area contributed by atoms with Gasteiger partial charge >= 0.3 is 0 Å². The van der Waals surface area contributed by atoms with Gasteiger partial charge in [0.05, 0.1) is 18.8 Å². The fourth-order valence-electron chi connectivity index (χ4n) is 2.07. The van der Waals surface area contributed by atoms with Gasteiger partial charge in [0, 0.05) is 16.1 Å². The SMILES string of the molecule is CCNC(Cc1cc(Cl)ccc1Cl)c1ccc(OC)nn1. The Morgan fingerprint density at radius 2 is 2.00 bits per heavy atom. The molecule has 2 rings (SSSR count). The lowest BCUT2D eigenvalue weighted by atomic mass is 10.0. The zero-order valence-corrected chi connectivity index (χ0v) is 13.4. The second-order valence-electron chi connectivity index (χ2n) is 4.55. The number of nitrogens with zero attached hydrogens (tertiary/aromatic N) is 2. The predicted octanol–water partition coefficient (Wildman–Crippen LogP) is 3.69. The van der Waals surface area contributed by atoms with E-state index in [-0.39, 0.29) is 6.04 Å². The number of rotatable bonds is 6. The number of halogens is 2. The van der Waals surface area contributed by atoms with Gasteiger partial charge in [-0.15, -0.1) is 5.10 Å². The lowest BCUT2D eigenvalue weighted by Crippen LogP contribution is -2.24. The highest BCUT2D eigenvalue weighted by Crippen LogP contribution is 2.25. The minimum Gasteiger partial charge on any atom is -0.480 e. The Bertz CT molecular complexity index is 590. The average molecular weight is 326 g/mol. The summed E-state index contributed by atoms with van der Waals surface area (Å²) in [6, 6.07) is 9.18. The summed E-state index contributed by atoms with van der Waals surface area (Å²) >= 11 is 12.3. The molecule has 0 bridgehead atoms. The minimum atomic E-state index is 0.0179. The van der Waals surface area contributed by atoms with Crippen LogP contribution in [-0.2, 0) is 6.42 Å². The van der Waals surface area contributed by atoms with E-state index in [9.17, 15) is 0 Å². The molecule has 1 N–H and O–H groups in total. The quantitative estimate of drug-likeness (QED) is 0.879. The van der Waals surface area contributed by atoms with E-state index in [1.165, 1.54) is 0 Å². The number of likely N-dealkylation sites (N-methyl/N-ethyl adjacent to an activating group) is 1. The molecule has 0 spiro atoms. The molecule has 0 fully saturated rings. The zero-order chi connectivity index (χ0) is 15.2. The highest BCUT2D eigenvalue weighted by molar-refractivity contribution is 6.33. The molecule has 0 radical (unpaired) electrons. The molecule has 0 aliphatic heterocycles. The summed E-state index contributed by atoms with van der Waals surface area (Å²) in [5.41, 5.74) is 1.82. The van der Waals surface area contributed by atoms with Crippen molar-refractivity contribution >= 4 is 23.2 Å². The molecule has 1 heterocycles. The summed E-state index contributed by atoms with van der Waals surface area (Å²) in [4.78, 5) is 0. The van der Waals surface area contributed by atoms with Gasteiger partial charge in [-0.1, -0.05) is 30.1 Å². The third-order valence-corrected chi connectivity index (χ3v) is 3.71. The van der Waals surface area contributed by atoms with Crippen molar-refractivity contribution in [3.05, 3.63) is 51.6 Å². The van der Waals surface area contributed by atoms with Gasteiger partial charge in [-0.3, -0.25) is 0 Å². The van der Waals surface area contributed by atoms with Crippen LogP contribution >= 0.6 is 23.2 Å². The van der Waals surface area contributed by atoms with E-state index < -0.39 is 0 Å². The zero-order valence-electron chi connectivity index (χ0n) is 11.9. The maximum absolute atomic E-state index is 6.23. The maximum Gasteiger partial charge on any atom is 0.233 e. The van der Waals surface area contributed by atoms with Gasteiger partial charge in [0.25, 0.3) is 0 Å². The molecule has 0 aliphatic rings. The van der Waals surface area contributed by atoms with Gasteiger partial charge in [-0.05, 0) is 42.8 Å². The predicted molar refractivity (Wildman–Crippen MR) is 85.2 cm³/mol. The van der Waals surface area contributed by atoms with Crippen molar-refractivity contribution in [3.63, 3.8) is 0 Å². The Morgan fingerprint density at radius 1 is 1.19 bits per heavy atom. The van der Waals surface area contributed by atoms with Crippen LogP contribution in [0.4, 0.5) is 0 Å².